The number of hydrogen-bond donors (Lipinski definition) is 2. The molecule has 0 unspecified atom stereocenters. The number of halogens is 3. The van der Waals surface area contributed by atoms with Gasteiger partial charge in [0.2, 0.25) is 5.95 Å². The van der Waals surface area contributed by atoms with Crippen molar-refractivity contribution in [1.82, 2.24) is 24.8 Å². The van der Waals surface area contributed by atoms with E-state index in [1.807, 2.05) is 0 Å². The zero-order valence-corrected chi connectivity index (χ0v) is 18.1. The first-order chi connectivity index (χ1) is 16.0. The third-order valence-electron chi connectivity index (χ3n) is 6.32. The molecule has 2 N–H and O–H groups in total. The summed E-state index contributed by atoms with van der Waals surface area (Å²) < 4.78 is 44.4. The molecule has 11 heteroatoms. The number of piperidine rings is 1. The van der Waals surface area contributed by atoms with Crippen molar-refractivity contribution in [2.45, 2.75) is 31.6 Å². The molecule has 4 heterocycles. The second kappa shape index (κ2) is 9.14. The number of nitrogens with zero attached hydrogens (tertiary/aromatic N) is 5. The molecule has 0 saturated carbocycles. The predicted octanol–water partition coefficient (Wildman–Crippen LogP) is 3.28. The lowest BCUT2D eigenvalue weighted by atomic mass is 10.0. The van der Waals surface area contributed by atoms with E-state index in [4.69, 9.17) is 4.74 Å². The minimum Gasteiger partial charge on any atom is -0.379 e. The number of fused-ring (bicyclic) bond motifs is 1. The third kappa shape index (κ3) is 4.88. The van der Waals surface area contributed by atoms with Crippen LogP contribution in [0.5, 0.6) is 0 Å². The van der Waals surface area contributed by atoms with Crippen LogP contribution in [0.25, 0.3) is 11.2 Å². The maximum atomic E-state index is 13.0. The highest BCUT2D eigenvalue weighted by Crippen LogP contribution is 2.30. The maximum Gasteiger partial charge on any atom is 0.416 e. The van der Waals surface area contributed by atoms with Gasteiger partial charge in [0.15, 0.2) is 11.5 Å². The molecular weight excluding hydrogens is 435 g/mol. The van der Waals surface area contributed by atoms with E-state index in [1.54, 1.807) is 6.07 Å². The number of alkyl halides is 3. The zero-order valence-electron chi connectivity index (χ0n) is 18.1. The lowest BCUT2D eigenvalue weighted by Crippen LogP contribution is -2.49. The molecule has 0 spiro atoms. The fourth-order valence-corrected chi connectivity index (χ4v) is 4.53. The van der Waals surface area contributed by atoms with E-state index < -0.39 is 11.7 Å². The van der Waals surface area contributed by atoms with E-state index >= 15 is 0 Å². The Labute approximate surface area is 189 Å². The molecule has 2 aliphatic heterocycles. The van der Waals surface area contributed by atoms with Gasteiger partial charge in [0, 0.05) is 38.8 Å². The Hall–Kier alpha value is -2.92. The number of morpholine rings is 1. The average molecular weight is 461 g/mol. The van der Waals surface area contributed by atoms with E-state index in [9.17, 15) is 13.2 Å². The van der Waals surface area contributed by atoms with Crippen LogP contribution in [0.1, 0.15) is 24.0 Å². The van der Waals surface area contributed by atoms with Crippen molar-refractivity contribution in [2.75, 3.05) is 49.6 Å². The summed E-state index contributed by atoms with van der Waals surface area (Å²) in [6, 6.07) is 5.83. The van der Waals surface area contributed by atoms with Crippen molar-refractivity contribution < 1.29 is 17.9 Å². The number of benzene rings is 1. The molecule has 0 amide bonds. The van der Waals surface area contributed by atoms with E-state index in [0.717, 1.165) is 70.3 Å². The smallest absolute Gasteiger partial charge is 0.379 e. The number of nitrogens with one attached hydrogen (secondary N) is 2. The van der Waals surface area contributed by atoms with Gasteiger partial charge in [0.05, 0.1) is 18.8 Å². The summed E-state index contributed by atoms with van der Waals surface area (Å²) in [6.45, 7) is 5.58. The lowest BCUT2D eigenvalue weighted by molar-refractivity contribution is -0.137. The molecule has 8 nitrogen and oxygen atoms in total. The quantitative estimate of drug-likeness (QED) is 0.604. The van der Waals surface area contributed by atoms with Gasteiger partial charge in [-0.05, 0) is 30.5 Å². The Morgan fingerprint density at radius 1 is 1.09 bits per heavy atom. The fourth-order valence-electron chi connectivity index (χ4n) is 4.53. The van der Waals surface area contributed by atoms with Crippen molar-refractivity contribution >= 4 is 22.9 Å². The largest absolute Gasteiger partial charge is 0.416 e. The van der Waals surface area contributed by atoms with Gasteiger partial charge in [-0.25, -0.2) is 9.97 Å². The molecule has 2 aromatic heterocycles. The molecule has 0 aliphatic carbocycles. The predicted molar refractivity (Wildman–Crippen MR) is 118 cm³/mol. The number of H-pyrrole nitrogens is 1. The van der Waals surface area contributed by atoms with Crippen LogP contribution in [-0.4, -0.2) is 70.3 Å². The Morgan fingerprint density at radius 3 is 2.64 bits per heavy atom. The first-order valence-corrected chi connectivity index (χ1v) is 11.1. The summed E-state index contributed by atoms with van der Waals surface area (Å²) >= 11 is 0. The molecule has 33 heavy (non-hydrogen) atoms. The van der Waals surface area contributed by atoms with Crippen LogP contribution in [0.3, 0.4) is 0 Å². The van der Waals surface area contributed by atoms with Gasteiger partial charge in [-0.2, -0.15) is 18.2 Å². The average Bonchev–Trinajstić information content (AvgIpc) is 3.28. The number of rotatable bonds is 5. The molecule has 176 valence electrons. The molecule has 5 rings (SSSR count). The van der Waals surface area contributed by atoms with Gasteiger partial charge in [0.1, 0.15) is 11.8 Å². The number of aromatic amines is 1. The van der Waals surface area contributed by atoms with Crippen LogP contribution in [-0.2, 0) is 17.5 Å². The molecule has 2 aliphatic rings. The highest BCUT2D eigenvalue weighted by atomic mass is 19.4. The fraction of sp³-hybridized carbons (Fsp3) is 0.500. The van der Waals surface area contributed by atoms with Gasteiger partial charge in [-0.15, -0.1) is 0 Å². The standard InChI is InChI=1S/C22H26F3N7O/c23-22(24,25)16-3-1-2-15(12-16)13-26-19-18-20(28-14-27-19)30-21(29-18)32-6-4-17(5-7-32)31-8-10-33-11-9-31/h1-3,12,14,17H,4-11,13H2,(H2,26,27,28,29,30). The maximum absolute atomic E-state index is 13.0. The molecule has 1 aromatic carbocycles. The van der Waals surface area contributed by atoms with Crippen molar-refractivity contribution in [3.63, 3.8) is 0 Å². The Bertz CT molecular complexity index is 1090. The van der Waals surface area contributed by atoms with E-state index in [0.29, 0.717) is 28.6 Å². The second-order valence-electron chi connectivity index (χ2n) is 8.40. The molecule has 3 aromatic rings. The number of hydrogen-bond acceptors (Lipinski definition) is 7. The summed E-state index contributed by atoms with van der Waals surface area (Å²) in [5.74, 6) is 1.26. The molecule has 2 fully saturated rings. The van der Waals surface area contributed by atoms with E-state index in [1.165, 1.54) is 12.4 Å². The summed E-state index contributed by atoms with van der Waals surface area (Å²) in [5, 5.41) is 3.12. The Kier molecular flexibility index (Phi) is 6.07. The number of imidazole rings is 1. The zero-order chi connectivity index (χ0) is 22.8. The third-order valence-corrected chi connectivity index (χ3v) is 6.32. The van der Waals surface area contributed by atoms with Crippen molar-refractivity contribution in [3.05, 3.63) is 41.7 Å². The summed E-state index contributed by atoms with van der Waals surface area (Å²) in [6.07, 6.45) is -0.843. The monoisotopic (exact) mass is 461 g/mol. The molecular formula is C22H26F3N7O. The van der Waals surface area contributed by atoms with Gasteiger partial charge in [-0.1, -0.05) is 12.1 Å². The number of anilines is 2. The Balaban J connectivity index is 1.26. The number of ether oxygens (including phenoxy) is 1. The van der Waals surface area contributed by atoms with Crippen LogP contribution in [0, 0.1) is 0 Å². The van der Waals surface area contributed by atoms with E-state index in [2.05, 4.69) is 35.1 Å². The normalized spacial score (nSPS) is 18.7. The van der Waals surface area contributed by atoms with Crippen molar-refractivity contribution in [2.24, 2.45) is 0 Å². The van der Waals surface area contributed by atoms with E-state index in [-0.39, 0.29) is 6.54 Å². The van der Waals surface area contributed by atoms with Crippen LogP contribution in [0.2, 0.25) is 0 Å². The topological polar surface area (TPSA) is 82.2 Å². The van der Waals surface area contributed by atoms with Crippen LogP contribution < -0.4 is 10.2 Å². The van der Waals surface area contributed by atoms with Gasteiger partial charge in [-0.3, -0.25) is 4.90 Å². The second-order valence-corrected chi connectivity index (χ2v) is 8.40. The van der Waals surface area contributed by atoms with Gasteiger partial charge < -0.3 is 19.9 Å². The van der Waals surface area contributed by atoms with Crippen LogP contribution in [0.4, 0.5) is 24.9 Å². The minimum absolute atomic E-state index is 0.204. The van der Waals surface area contributed by atoms with Crippen LogP contribution in [0.15, 0.2) is 30.6 Å². The molecule has 0 atom stereocenters. The van der Waals surface area contributed by atoms with Gasteiger partial charge >= 0.3 is 6.18 Å². The summed E-state index contributed by atoms with van der Waals surface area (Å²) in [7, 11) is 0. The molecule has 0 bridgehead atoms. The Morgan fingerprint density at radius 2 is 1.88 bits per heavy atom. The highest BCUT2D eigenvalue weighted by molar-refractivity contribution is 5.84. The summed E-state index contributed by atoms with van der Waals surface area (Å²) in [5.41, 5.74) is 1.03. The van der Waals surface area contributed by atoms with Gasteiger partial charge in [0.25, 0.3) is 0 Å². The first kappa shape index (κ1) is 21.9. The van der Waals surface area contributed by atoms with Crippen molar-refractivity contribution in [3.8, 4) is 0 Å². The summed E-state index contributed by atoms with van der Waals surface area (Å²) in [4.78, 5) is 21.2. The molecule has 0 radical (unpaired) electrons. The highest BCUT2D eigenvalue weighted by Gasteiger charge is 2.30. The first-order valence-electron chi connectivity index (χ1n) is 11.1. The lowest BCUT2D eigenvalue weighted by Gasteiger charge is -2.40. The minimum atomic E-state index is -4.37. The SMILES string of the molecule is FC(F)(F)c1cccc(CNc2ncnc3nc(N4CCC(N5CCOCC5)CC4)[nH]c23)c1. The van der Waals surface area contributed by atoms with Crippen molar-refractivity contribution in [1.29, 1.82) is 0 Å². The molecule has 2 saturated heterocycles. The number of aromatic nitrogens is 4. The van der Waals surface area contributed by atoms with Crippen LogP contribution >= 0.6 is 0 Å².